The van der Waals surface area contributed by atoms with Crippen LogP contribution in [-0.2, 0) is 14.3 Å². The van der Waals surface area contributed by atoms with E-state index >= 15 is 0 Å². The van der Waals surface area contributed by atoms with Gasteiger partial charge in [0.2, 0.25) is 0 Å². The molecule has 30 heavy (non-hydrogen) atoms. The Kier molecular flexibility index (Phi) is 9.13. The van der Waals surface area contributed by atoms with Crippen LogP contribution in [0.5, 0.6) is 0 Å². The van der Waals surface area contributed by atoms with E-state index in [1.165, 1.54) is 0 Å². The molecule has 2 aliphatic carbocycles. The molecule has 0 saturated carbocycles. The van der Waals surface area contributed by atoms with E-state index in [0.717, 1.165) is 35.4 Å². The van der Waals surface area contributed by atoms with Crippen molar-refractivity contribution in [3.8, 4) is 0 Å². The van der Waals surface area contributed by atoms with Gasteiger partial charge < -0.3 is 14.8 Å². The van der Waals surface area contributed by atoms with E-state index < -0.39 is 0 Å². The van der Waals surface area contributed by atoms with Crippen LogP contribution in [0.1, 0.15) is 40.0 Å². The topological polar surface area (TPSA) is 59.9 Å². The number of carbonyl (C=O) groups is 1. The van der Waals surface area contributed by atoms with Gasteiger partial charge in [0.05, 0.1) is 19.0 Å². The Morgan fingerprint density at radius 2 is 2.10 bits per heavy atom. The van der Waals surface area contributed by atoms with Crippen molar-refractivity contribution in [1.29, 1.82) is 0 Å². The third-order valence-corrected chi connectivity index (χ3v) is 4.95. The van der Waals surface area contributed by atoms with Crippen molar-refractivity contribution >= 4 is 12.1 Å². The molecule has 2 aliphatic rings. The molecule has 0 heterocycles. The van der Waals surface area contributed by atoms with E-state index in [9.17, 15) is 4.79 Å². The monoisotopic (exact) mass is 408 g/mol. The SMILES string of the molecule is C=C/C=C(/OC/C(=C\N=CNC1=CCC=C(OC)C=C1)C(C)C)C1=C(C)CCC1=O. The van der Waals surface area contributed by atoms with Crippen molar-refractivity contribution in [2.24, 2.45) is 10.9 Å². The van der Waals surface area contributed by atoms with Gasteiger partial charge in [0.1, 0.15) is 18.1 Å². The van der Waals surface area contributed by atoms with Crippen molar-refractivity contribution < 1.29 is 14.3 Å². The lowest BCUT2D eigenvalue weighted by Crippen LogP contribution is -2.10. The molecule has 160 valence electrons. The summed E-state index contributed by atoms with van der Waals surface area (Å²) in [4.78, 5) is 16.6. The fourth-order valence-corrected chi connectivity index (χ4v) is 3.07. The average molecular weight is 409 g/mol. The van der Waals surface area contributed by atoms with E-state index in [-0.39, 0.29) is 11.7 Å². The molecule has 0 aliphatic heterocycles. The number of ether oxygens (including phenoxy) is 2. The maximum atomic E-state index is 12.2. The zero-order valence-electron chi connectivity index (χ0n) is 18.4. The lowest BCUT2D eigenvalue weighted by Gasteiger charge is -2.15. The second kappa shape index (κ2) is 11.8. The van der Waals surface area contributed by atoms with Crippen molar-refractivity contribution in [3.05, 3.63) is 83.2 Å². The number of rotatable bonds is 10. The minimum absolute atomic E-state index is 0.133. The first-order chi connectivity index (χ1) is 14.5. The van der Waals surface area contributed by atoms with Crippen molar-refractivity contribution in [2.45, 2.75) is 40.0 Å². The molecule has 0 aromatic heterocycles. The summed E-state index contributed by atoms with van der Waals surface area (Å²) in [5, 5.41) is 3.17. The Bertz CT molecular complexity index is 865. The zero-order chi connectivity index (χ0) is 21.9. The largest absolute Gasteiger partial charge is 0.497 e. The van der Waals surface area contributed by atoms with Gasteiger partial charge in [-0.05, 0) is 55.6 Å². The fraction of sp³-hybridized carbons (Fsp3) is 0.360. The number of nitrogens with one attached hydrogen (secondary N) is 1. The van der Waals surface area contributed by atoms with Gasteiger partial charge in [-0.15, -0.1) is 0 Å². The number of carbonyl (C=O) groups excluding carboxylic acids is 1. The average Bonchev–Trinajstić information content (AvgIpc) is 2.92. The number of allylic oxidation sites excluding steroid dienone is 8. The van der Waals surface area contributed by atoms with Crippen LogP contribution in [0.3, 0.4) is 0 Å². The first-order valence-corrected chi connectivity index (χ1v) is 10.2. The molecule has 0 radical (unpaired) electrons. The third kappa shape index (κ3) is 6.76. The van der Waals surface area contributed by atoms with Gasteiger partial charge in [-0.1, -0.05) is 38.2 Å². The summed E-state index contributed by atoms with van der Waals surface area (Å²) >= 11 is 0. The number of hydrogen-bond donors (Lipinski definition) is 1. The molecule has 5 heteroatoms. The molecule has 0 atom stereocenters. The van der Waals surface area contributed by atoms with Crippen LogP contribution < -0.4 is 5.32 Å². The molecule has 0 spiro atoms. The maximum absolute atomic E-state index is 12.2. The summed E-state index contributed by atoms with van der Waals surface area (Å²) in [6, 6.07) is 0. The summed E-state index contributed by atoms with van der Waals surface area (Å²) in [7, 11) is 1.66. The van der Waals surface area contributed by atoms with Crippen LogP contribution in [0.4, 0.5) is 0 Å². The Hall–Kier alpha value is -3.08. The molecule has 0 aromatic rings. The number of Topliss-reactive ketones (excluding diaryl/α,β-unsaturated/α-hetero) is 1. The van der Waals surface area contributed by atoms with Crippen molar-refractivity contribution in [3.63, 3.8) is 0 Å². The Labute approximate surface area is 179 Å². The zero-order valence-corrected chi connectivity index (χ0v) is 18.4. The van der Waals surface area contributed by atoms with Gasteiger partial charge in [-0.2, -0.15) is 0 Å². The van der Waals surface area contributed by atoms with Crippen LogP contribution in [0.25, 0.3) is 0 Å². The highest BCUT2D eigenvalue weighted by Crippen LogP contribution is 2.29. The first-order valence-electron chi connectivity index (χ1n) is 10.2. The van der Waals surface area contributed by atoms with Gasteiger partial charge in [0, 0.05) is 18.3 Å². The van der Waals surface area contributed by atoms with E-state index in [0.29, 0.717) is 24.4 Å². The normalized spacial score (nSPS) is 18.0. The van der Waals surface area contributed by atoms with E-state index in [4.69, 9.17) is 9.47 Å². The quantitative estimate of drug-likeness (QED) is 0.231. The summed E-state index contributed by atoms with van der Waals surface area (Å²) in [6.07, 6.45) is 16.9. The Balaban J connectivity index is 2.00. The van der Waals surface area contributed by atoms with Crippen molar-refractivity contribution in [2.75, 3.05) is 13.7 Å². The summed E-state index contributed by atoms with van der Waals surface area (Å²) < 4.78 is 11.3. The van der Waals surface area contributed by atoms with Crippen molar-refractivity contribution in [1.82, 2.24) is 5.32 Å². The predicted octanol–water partition coefficient (Wildman–Crippen LogP) is 5.28. The smallest absolute Gasteiger partial charge is 0.166 e. The minimum atomic E-state index is 0.133. The van der Waals surface area contributed by atoms with Gasteiger partial charge >= 0.3 is 0 Å². The molecule has 2 rings (SSSR count). The molecule has 1 N–H and O–H groups in total. The van der Waals surface area contributed by atoms with Gasteiger partial charge in [-0.25, -0.2) is 4.99 Å². The maximum Gasteiger partial charge on any atom is 0.166 e. The molecule has 0 amide bonds. The molecule has 5 nitrogen and oxygen atoms in total. The lowest BCUT2D eigenvalue weighted by atomic mass is 10.1. The molecule has 0 saturated heterocycles. The van der Waals surface area contributed by atoms with Gasteiger partial charge in [0.15, 0.2) is 5.78 Å². The number of aliphatic imine (C=N–C) groups is 1. The van der Waals surface area contributed by atoms with Crippen LogP contribution in [0.2, 0.25) is 0 Å². The standard InChI is InChI=1S/C25H32N2O3/c1-6-8-24(25-19(4)11-14-23(25)28)30-16-20(18(2)3)15-26-17-27-21-9-7-10-22(29-5)13-12-21/h6,8-10,12-13,15,17-18H,1,7,11,14,16H2,2-5H3,(H,26,27)/b20-15+,24-8+. The van der Waals surface area contributed by atoms with Crippen LogP contribution in [0.15, 0.2) is 88.2 Å². The second-order valence-electron chi connectivity index (χ2n) is 7.45. The Morgan fingerprint density at radius 3 is 2.73 bits per heavy atom. The van der Waals surface area contributed by atoms with Crippen LogP contribution in [0, 0.1) is 5.92 Å². The molecular formula is C25H32N2O3. The summed E-state index contributed by atoms with van der Waals surface area (Å²) in [5.41, 5.74) is 3.75. The fourth-order valence-electron chi connectivity index (χ4n) is 3.07. The first kappa shape index (κ1) is 23.2. The highest BCUT2D eigenvalue weighted by atomic mass is 16.5. The highest BCUT2D eigenvalue weighted by molar-refractivity contribution is 6.02. The molecule has 0 unspecified atom stereocenters. The molecular weight excluding hydrogens is 376 g/mol. The summed E-state index contributed by atoms with van der Waals surface area (Å²) in [5.74, 6) is 1.82. The molecule has 0 fully saturated rings. The number of hydrogen-bond acceptors (Lipinski definition) is 4. The van der Waals surface area contributed by atoms with Crippen LogP contribution in [-0.4, -0.2) is 25.8 Å². The van der Waals surface area contributed by atoms with E-state index in [1.807, 2.05) is 25.2 Å². The number of nitrogens with zero attached hydrogens (tertiary/aromatic N) is 1. The number of methoxy groups -OCH3 is 1. The predicted molar refractivity (Wildman–Crippen MR) is 123 cm³/mol. The van der Waals surface area contributed by atoms with Crippen LogP contribution >= 0.6 is 0 Å². The highest BCUT2D eigenvalue weighted by Gasteiger charge is 2.24. The van der Waals surface area contributed by atoms with Gasteiger partial charge in [-0.3, -0.25) is 4.79 Å². The lowest BCUT2D eigenvalue weighted by molar-refractivity contribution is -0.115. The summed E-state index contributed by atoms with van der Waals surface area (Å²) in [6.45, 7) is 10.3. The number of ketones is 1. The molecule has 0 aromatic carbocycles. The molecule has 0 bridgehead atoms. The minimum Gasteiger partial charge on any atom is -0.497 e. The third-order valence-electron chi connectivity index (χ3n) is 4.95. The Morgan fingerprint density at radius 1 is 1.30 bits per heavy atom. The van der Waals surface area contributed by atoms with E-state index in [1.54, 1.807) is 31.8 Å². The second-order valence-corrected chi connectivity index (χ2v) is 7.45. The van der Waals surface area contributed by atoms with Gasteiger partial charge in [0.25, 0.3) is 0 Å². The van der Waals surface area contributed by atoms with E-state index in [2.05, 4.69) is 36.8 Å².